The summed E-state index contributed by atoms with van der Waals surface area (Å²) in [5.74, 6) is -0.397. The van der Waals surface area contributed by atoms with Gasteiger partial charge in [0, 0.05) is 10.5 Å². The van der Waals surface area contributed by atoms with Gasteiger partial charge in [-0.05, 0) is 42.8 Å². The Hall–Kier alpha value is -2.36. The molecule has 0 fully saturated rings. The van der Waals surface area contributed by atoms with E-state index in [4.69, 9.17) is 5.26 Å². The van der Waals surface area contributed by atoms with Crippen LogP contribution in [0.15, 0.2) is 53.4 Å². The summed E-state index contributed by atoms with van der Waals surface area (Å²) in [5, 5.41) is 21.7. The van der Waals surface area contributed by atoms with E-state index in [9.17, 15) is 14.3 Å². The lowest BCUT2D eigenvalue weighted by Crippen LogP contribution is -2.38. The van der Waals surface area contributed by atoms with Gasteiger partial charge in [-0.15, -0.1) is 11.8 Å². The van der Waals surface area contributed by atoms with Crippen molar-refractivity contribution < 1.29 is 14.3 Å². The first-order chi connectivity index (χ1) is 11.4. The largest absolute Gasteiger partial charge is 0.384 e. The molecule has 2 aromatic rings. The summed E-state index contributed by atoms with van der Waals surface area (Å²) in [7, 11) is 0. The Morgan fingerprint density at radius 2 is 2.04 bits per heavy atom. The van der Waals surface area contributed by atoms with Crippen molar-refractivity contribution in [2.24, 2.45) is 0 Å². The van der Waals surface area contributed by atoms with E-state index >= 15 is 0 Å². The molecule has 24 heavy (non-hydrogen) atoms. The molecule has 2 N–H and O–H groups in total. The van der Waals surface area contributed by atoms with Crippen LogP contribution in [0.2, 0.25) is 0 Å². The van der Waals surface area contributed by atoms with E-state index in [0.717, 1.165) is 4.90 Å². The molecule has 0 aromatic heterocycles. The number of nitrogens with one attached hydrogen (secondary N) is 1. The Morgan fingerprint density at radius 1 is 1.33 bits per heavy atom. The molecule has 4 nitrogen and oxygen atoms in total. The van der Waals surface area contributed by atoms with E-state index in [-0.39, 0.29) is 18.3 Å². The Kier molecular flexibility index (Phi) is 5.96. The number of nitrogens with zero attached hydrogens (tertiary/aromatic N) is 1. The number of benzene rings is 2. The Labute approximate surface area is 144 Å². The molecule has 0 saturated heterocycles. The molecule has 6 heteroatoms. The average Bonchev–Trinajstić information content (AvgIpc) is 2.58. The summed E-state index contributed by atoms with van der Waals surface area (Å²) < 4.78 is 13.0. The highest BCUT2D eigenvalue weighted by Crippen LogP contribution is 2.21. The molecule has 0 heterocycles. The maximum absolute atomic E-state index is 13.0. The predicted molar refractivity (Wildman–Crippen MR) is 91.1 cm³/mol. The number of carbonyl (C=O) groups is 1. The summed E-state index contributed by atoms with van der Waals surface area (Å²) in [6.07, 6.45) is 0. The van der Waals surface area contributed by atoms with Gasteiger partial charge >= 0.3 is 0 Å². The van der Waals surface area contributed by atoms with E-state index in [1.807, 2.05) is 12.1 Å². The van der Waals surface area contributed by atoms with Gasteiger partial charge in [0.15, 0.2) is 0 Å². The van der Waals surface area contributed by atoms with Gasteiger partial charge in [-0.1, -0.05) is 18.2 Å². The highest BCUT2D eigenvalue weighted by Gasteiger charge is 2.24. The van der Waals surface area contributed by atoms with E-state index in [2.05, 4.69) is 5.32 Å². The van der Waals surface area contributed by atoms with Crippen LogP contribution in [-0.2, 0) is 5.60 Å². The van der Waals surface area contributed by atoms with Gasteiger partial charge < -0.3 is 10.4 Å². The molecule has 124 valence electrons. The molecule has 0 aliphatic rings. The van der Waals surface area contributed by atoms with Crippen molar-refractivity contribution in [2.75, 3.05) is 12.3 Å². The van der Waals surface area contributed by atoms with Crippen LogP contribution >= 0.6 is 11.8 Å². The van der Waals surface area contributed by atoms with Crippen LogP contribution < -0.4 is 5.32 Å². The van der Waals surface area contributed by atoms with Gasteiger partial charge in [-0.3, -0.25) is 4.79 Å². The van der Waals surface area contributed by atoms with Crippen molar-refractivity contribution in [3.8, 4) is 6.07 Å². The minimum Gasteiger partial charge on any atom is -0.384 e. The molecular formula is C18H17FN2O2S. The van der Waals surface area contributed by atoms with Crippen LogP contribution in [0.5, 0.6) is 0 Å². The molecule has 0 saturated carbocycles. The SMILES string of the molecule is CC(O)(CNC(=O)c1cccc(SCC#N)c1)c1ccc(F)cc1. The summed E-state index contributed by atoms with van der Waals surface area (Å²) in [4.78, 5) is 13.1. The Morgan fingerprint density at radius 3 is 2.71 bits per heavy atom. The van der Waals surface area contributed by atoms with Crippen LogP contribution in [-0.4, -0.2) is 23.3 Å². The zero-order valence-electron chi connectivity index (χ0n) is 13.1. The lowest BCUT2D eigenvalue weighted by atomic mass is 9.96. The molecule has 0 spiro atoms. The van der Waals surface area contributed by atoms with Crippen LogP contribution in [0, 0.1) is 17.1 Å². The Balaban J connectivity index is 2.02. The van der Waals surface area contributed by atoms with E-state index in [0.29, 0.717) is 16.9 Å². The third-order valence-corrected chi connectivity index (χ3v) is 4.32. The highest BCUT2D eigenvalue weighted by atomic mass is 32.2. The molecule has 2 rings (SSSR count). The second kappa shape index (κ2) is 7.95. The number of hydrogen-bond acceptors (Lipinski definition) is 4. The van der Waals surface area contributed by atoms with Crippen LogP contribution in [0.25, 0.3) is 0 Å². The van der Waals surface area contributed by atoms with Gasteiger partial charge in [0.05, 0.1) is 18.4 Å². The summed E-state index contributed by atoms with van der Waals surface area (Å²) in [5.41, 5.74) is -0.341. The smallest absolute Gasteiger partial charge is 0.251 e. The van der Waals surface area contributed by atoms with Gasteiger partial charge in [0.25, 0.3) is 5.91 Å². The van der Waals surface area contributed by atoms with Crippen molar-refractivity contribution in [2.45, 2.75) is 17.4 Å². The summed E-state index contributed by atoms with van der Waals surface area (Å²) >= 11 is 1.35. The molecule has 1 amide bonds. The standard InChI is InChI=1S/C18H17FN2O2S/c1-18(23,14-5-7-15(19)8-6-14)12-21-17(22)13-3-2-4-16(11-13)24-10-9-20/h2-8,11,23H,10,12H2,1H3,(H,21,22). The number of thioether (sulfide) groups is 1. The topological polar surface area (TPSA) is 73.1 Å². The van der Waals surface area contributed by atoms with Crippen LogP contribution in [0.1, 0.15) is 22.8 Å². The first kappa shape index (κ1) is 18.0. The molecule has 0 aliphatic carbocycles. The fourth-order valence-corrected chi connectivity index (χ4v) is 2.72. The molecule has 0 aliphatic heterocycles. The fraction of sp³-hybridized carbons (Fsp3) is 0.222. The number of rotatable bonds is 6. The molecule has 2 aromatic carbocycles. The minimum absolute atomic E-state index is 0.00691. The lowest BCUT2D eigenvalue weighted by Gasteiger charge is -2.24. The van der Waals surface area contributed by atoms with Crippen LogP contribution in [0.3, 0.4) is 0 Å². The number of halogens is 1. The summed E-state index contributed by atoms with van der Waals surface area (Å²) in [6, 6.07) is 14.5. The quantitative estimate of drug-likeness (QED) is 0.790. The lowest BCUT2D eigenvalue weighted by molar-refractivity contribution is 0.0526. The van der Waals surface area contributed by atoms with E-state index in [1.165, 1.54) is 36.0 Å². The monoisotopic (exact) mass is 344 g/mol. The zero-order valence-corrected chi connectivity index (χ0v) is 13.9. The normalized spacial score (nSPS) is 12.9. The van der Waals surface area contributed by atoms with Gasteiger partial charge in [-0.25, -0.2) is 4.39 Å². The van der Waals surface area contributed by atoms with Crippen LogP contribution in [0.4, 0.5) is 4.39 Å². The maximum Gasteiger partial charge on any atom is 0.251 e. The van der Waals surface area contributed by atoms with Gasteiger partial charge in [-0.2, -0.15) is 5.26 Å². The second-order valence-corrected chi connectivity index (χ2v) is 6.49. The van der Waals surface area contributed by atoms with Crippen molar-refractivity contribution in [3.63, 3.8) is 0 Å². The van der Waals surface area contributed by atoms with Crippen molar-refractivity contribution >= 4 is 17.7 Å². The van der Waals surface area contributed by atoms with Crippen molar-refractivity contribution in [3.05, 3.63) is 65.5 Å². The number of amides is 1. The molecular weight excluding hydrogens is 327 g/mol. The molecule has 1 atom stereocenters. The fourth-order valence-electron chi connectivity index (χ4n) is 2.11. The van der Waals surface area contributed by atoms with Crippen molar-refractivity contribution in [1.29, 1.82) is 5.26 Å². The Bertz CT molecular complexity index is 754. The minimum atomic E-state index is -1.31. The number of carbonyl (C=O) groups excluding carboxylic acids is 1. The van der Waals surface area contributed by atoms with Crippen molar-refractivity contribution in [1.82, 2.24) is 5.32 Å². The molecule has 1 unspecified atom stereocenters. The van der Waals surface area contributed by atoms with Gasteiger partial charge in [0.1, 0.15) is 11.4 Å². The molecule has 0 bridgehead atoms. The summed E-state index contributed by atoms with van der Waals surface area (Å²) in [6.45, 7) is 1.55. The highest BCUT2D eigenvalue weighted by molar-refractivity contribution is 7.99. The third-order valence-electron chi connectivity index (χ3n) is 3.46. The first-order valence-corrected chi connectivity index (χ1v) is 8.27. The number of hydrogen-bond donors (Lipinski definition) is 2. The predicted octanol–water partition coefficient (Wildman–Crippen LogP) is 3.08. The third kappa shape index (κ3) is 4.82. The average molecular weight is 344 g/mol. The first-order valence-electron chi connectivity index (χ1n) is 7.29. The molecule has 0 radical (unpaired) electrons. The number of nitriles is 1. The maximum atomic E-state index is 13.0. The van der Waals surface area contributed by atoms with E-state index < -0.39 is 5.60 Å². The van der Waals surface area contributed by atoms with Gasteiger partial charge in [0.2, 0.25) is 0 Å². The second-order valence-electron chi connectivity index (χ2n) is 5.44. The zero-order chi connectivity index (χ0) is 17.6. The van der Waals surface area contributed by atoms with E-state index in [1.54, 1.807) is 25.1 Å². The number of aliphatic hydroxyl groups is 1.